The van der Waals surface area contributed by atoms with Crippen LogP contribution in [0.4, 0.5) is 0 Å². The summed E-state index contributed by atoms with van der Waals surface area (Å²) in [6, 6.07) is 0.187. The fraction of sp³-hybridized carbons (Fsp3) is 0.667. The van der Waals surface area contributed by atoms with Crippen LogP contribution < -0.4 is 0 Å². The Bertz CT molecular complexity index is 381. The summed E-state index contributed by atoms with van der Waals surface area (Å²) in [5, 5.41) is 0. The Hall–Kier alpha value is -1.01. The highest BCUT2D eigenvalue weighted by atomic mass is 32.2. The number of thioether (sulfide) groups is 1. The number of carbonyl (C=O) groups excluding carboxylic acids is 1. The van der Waals surface area contributed by atoms with E-state index < -0.39 is 0 Å². The van der Waals surface area contributed by atoms with Crippen molar-refractivity contribution in [1.82, 2.24) is 19.8 Å². The lowest BCUT2D eigenvalue weighted by Crippen LogP contribution is -2.49. The van der Waals surface area contributed by atoms with E-state index in [4.69, 9.17) is 0 Å². The van der Waals surface area contributed by atoms with Gasteiger partial charge in [0.2, 0.25) is 5.91 Å². The third kappa shape index (κ3) is 3.05. The summed E-state index contributed by atoms with van der Waals surface area (Å²) < 4.78 is 0. The van der Waals surface area contributed by atoms with Gasteiger partial charge in [0.1, 0.15) is 5.82 Å². The number of likely N-dealkylation sites (N-methyl/N-ethyl adjacent to an activating group) is 1. The largest absolute Gasteiger partial charge is 0.347 e. The first-order chi connectivity index (χ1) is 8.72. The lowest BCUT2D eigenvalue weighted by Gasteiger charge is -2.38. The highest BCUT2D eigenvalue weighted by Crippen LogP contribution is 2.21. The van der Waals surface area contributed by atoms with Crippen LogP contribution in [0.25, 0.3) is 0 Å². The Labute approximate surface area is 112 Å². The SMILES string of the molecule is CSCCC(=O)N1CCN(C)[C@H](c2ncc[nH]2)C1. The Balaban J connectivity index is 1.98. The number of hydrogen-bond donors (Lipinski definition) is 1. The average Bonchev–Trinajstić information content (AvgIpc) is 2.90. The van der Waals surface area contributed by atoms with Crippen LogP contribution in [0, 0.1) is 0 Å². The number of H-pyrrole nitrogens is 1. The van der Waals surface area contributed by atoms with Crippen molar-refractivity contribution in [2.45, 2.75) is 12.5 Å². The summed E-state index contributed by atoms with van der Waals surface area (Å²) in [5.74, 6) is 2.10. The van der Waals surface area contributed by atoms with E-state index >= 15 is 0 Å². The average molecular weight is 268 g/mol. The molecule has 1 aliphatic rings. The van der Waals surface area contributed by atoms with Gasteiger partial charge < -0.3 is 9.88 Å². The van der Waals surface area contributed by atoms with E-state index in [2.05, 4.69) is 21.9 Å². The fourth-order valence-corrected chi connectivity index (χ4v) is 2.58. The van der Waals surface area contributed by atoms with Gasteiger partial charge in [-0.05, 0) is 13.3 Å². The highest BCUT2D eigenvalue weighted by molar-refractivity contribution is 7.98. The Morgan fingerprint density at radius 1 is 1.61 bits per heavy atom. The highest BCUT2D eigenvalue weighted by Gasteiger charge is 2.29. The van der Waals surface area contributed by atoms with Gasteiger partial charge in [0.25, 0.3) is 0 Å². The van der Waals surface area contributed by atoms with E-state index in [0.717, 1.165) is 31.2 Å². The van der Waals surface area contributed by atoms with Gasteiger partial charge in [-0.2, -0.15) is 11.8 Å². The predicted octanol–water partition coefficient (Wildman–Crippen LogP) is 0.978. The number of aromatic nitrogens is 2. The van der Waals surface area contributed by atoms with E-state index in [1.165, 1.54) is 0 Å². The molecular formula is C12H20N4OS. The molecule has 1 aromatic rings. The molecule has 1 N–H and O–H groups in total. The summed E-state index contributed by atoms with van der Waals surface area (Å²) in [4.78, 5) is 23.7. The standard InChI is InChI=1S/C12H20N4OS/c1-15-6-7-16(11(17)3-8-18-2)9-10(15)12-13-4-5-14-12/h4-5,10H,3,6-9H2,1-2H3,(H,13,14)/t10-/m0/s1. The molecule has 0 radical (unpaired) electrons. The van der Waals surface area contributed by atoms with Crippen LogP contribution in [0.5, 0.6) is 0 Å². The zero-order valence-corrected chi connectivity index (χ0v) is 11.7. The summed E-state index contributed by atoms with van der Waals surface area (Å²) in [6.45, 7) is 2.45. The first-order valence-electron chi connectivity index (χ1n) is 6.18. The smallest absolute Gasteiger partial charge is 0.223 e. The minimum absolute atomic E-state index is 0.187. The van der Waals surface area contributed by atoms with Gasteiger partial charge in [-0.3, -0.25) is 9.69 Å². The van der Waals surface area contributed by atoms with E-state index in [-0.39, 0.29) is 11.9 Å². The number of nitrogens with zero attached hydrogens (tertiary/aromatic N) is 3. The minimum atomic E-state index is 0.187. The molecule has 100 valence electrons. The molecule has 1 amide bonds. The Morgan fingerprint density at radius 2 is 2.44 bits per heavy atom. The van der Waals surface area contributed by atoms with Gasteiger partial charge >= 0.3 is 0 Å². The molecule has 1 aliphatic heterocycles. The molecule has 2 rings (SSSR count). The van der Waals surface area contributed by atoms with Gasteiger partial charge in [0, 0.05) is 44.2 Å². The molecule has 0 aliphatic carbocycles. The van der Waals surface area contributed by atoms with Crippen LogP contribution in [0.15, 0.2) is 12.4 Å². The van der Waals surface area contributed by atoms with E-state index in [1.807, 2.05) is 17.4 Å². The molecule has 0 saturated carbocycles. The third-order valence-corrected chi connectivity index (χ3v) is 3.97. The van der Waals surface area contributed by atoms with Gasteiger partial charge in [-0.15, -0.1) is 0 Å². The molecule has 0 bridgehead atoms. The van der Waals surface area contributed by atoms with Gasteiger partial charge in [-0.25, -0.2) is 4.98 Å². The summed E-state index contributed by atoms with van der Waals surface area (Å²) in [6.07, 6.45) is 6.26. The van der Waals surface area contributed by atoms with E-state index in [1.54, 1.807) is 18.0 Å². The van der Waals surface area contributed by atoms with Crippen molar-refractivity contribution in [2.75, 3.05) is 38.7 Å². The first kappa shape index (κ1) is 13.4. The summed E-state index contributed by atoms with van der Waals surface area (Å²) in [7, 11) is 2.08. The molecule has 18 heavy (non-hydrogen) atoms. The molecule has 1 aromatic heterocycles. The first-order valence-corrected chi connectivity index (χ1v) is 7.58. The maximum atomic E-state index is 12.0. The molecule has 1 atom stereocenters. The van der Waals surface area contributed by atoms with E-state index in [0.29, 0.717) is 6.42 Å². The molecule has 0 aromatic carbocycles. The predicted molar refractivity (Wildman–Crippen MR) is 73.5 cm³/mol. The number of carbonyl (C=O) groups is 1. The van der Waals surface area contributed by atoms with Crippen LogP contribution in [-0.4, -0.2) is 64.4 Å². The minimum Gasteiger partial charge on any atom is -0.347 e. The molecule has 0 unspecified atom stereocenters. The molecule has 1 saturated heterocycles. The van der Waals surface area contributed by atoms with Crippen molar-refractivity contribution >= 4 is 17.7 Å². The van der Waals surface area contributed by atoms with Crippen LogP contribution >= 0.6 is 11.8 Å². The molecule has 0 spiro atoms. The molecule has 1 fully saturated rings. The van der Waals surface area contributed by atoms with Crippen molar-refractivity contribution in [3.8, 4) is 0 Å². The monoisotopic (exact) mass is 268 g/mol. The lowest BCUT2D eigenvalue weighted by molar-refractivity contribution is -0.133. The van der Waals surface area contributed by atoms with Crippen LogP contribution in [-0.2, 0) is 4.79 Å². The summed E-state index contributed by atoms with van der Waals surface area (Å²) >= 11 is 1.72. The van der Waals surface area contributed by atoms with Crippen molar-refractivity contribution in [2.24, 2.45) is 0 Å². The topological polar surface area (TPSA) is 52.2 Å². The van der Waals surface area contributed by atoms with Crippen molar-refractivity contribution < 1.29 is 4.79 Å². The Morgan fingerprint density at radius 3 is 3.11 bits per heavy atom. The van der Waals surface area contributed by atoms with Gasteiger partial charge in [0.15, 0.2) is 0 Å². The number of piperazine rings is 1. The molecule has 5 nitrogen and oxygen atoms in total. The number of amides is 1. The van der Waals surface area contributed by atoms with Crippen molar-refractivity contribution in [3.05, 3.63) is 18.2 Å². The second-order valence-corrected chi connectivity index (χ2v) is 5.54. The third-order valence-electron chi connectivity index (χ3n) is 3.36. The van der Waals surface area contributed by atoms with Crippen LogP contribution in [0.2, 0.25) is 0 Å². The normalized spacial score (nSPS) is 21.2. The number of rotatable bonds is 4. The molecule has 2 heterocycles. The van der Waals surface area contributed by atoms with Crippen LogP contribution in [0.3, 0.4) is 0 Å². The zero-order valence-electron chi connectivity index (χ0n) is 10.9. The van der Waals surface area contributed by atoms with Gasteiger partial charge in [0.05, 0.1) is 6.04 Å². The summed E-state index contributed by atoms with van der Waals surface area (Å²) in [5.41, 5.74) is 0. The molecule has 6 heteroatoms. The Kier molecular flexibility index (Phi) is 4.66. The second kappa shape index (κ2) is 6.24. The van der Waals surface area contributed by atoms with Crippen molar-refractivity contribution in [1.29, 1.82) is 0 Å². The van der Waals surface area contributed by atoms with Gasteiger partial charge in [-0.1, -0.05) is 0 Å². The second-order valence-electron chi connectivity index (χ2n) is 4.55. The number of aromatic amines is 1. The number of nitrogens with one attached hydrogen (secondary N) is 1. The molecular weight excluding hydrogens is 248 g/mol. The fourth-order valence-electron chi connectivity index (χ4n) is 2.20. The number of hydrogen-bond acceptors (Lipinski definition) is 4. The van der Waals surface area contributed by atoms with Crippen LogP contribution in [0.1, 0.15) is 18.3 Å². The quantitative estimate of drug-likeness (QED) is 0.884. The maximum absolute atomic E-state index is 12.0. The van der Waals surface area contributed by atoms with Crippen molar-refractivity contribution in [3.63, 3.8) is 0 Å². The zero-order chi connectivity index (χ0) is 13.0. The maximum Gasteiger partial charge on any atom is 0.223 e. The number of imidazole rings is 1. The van der Waals surface area contributed by atoms with E-state index in [9.17, 15) is 4.79 Å². The lowest BCUT2D eigenvalue weighted by atomic mass is 10.1.